The maximum absolute atomic E-state index is 15.6. The van der Waals surface area contributed by atoms with E-state index >= 15 is 4.39 Å². The van der Waals surface area contributed by atoms with E-state index in [0.717, 1.165) is 6.08 Å². The molecule has 0 fully saturated rings. The molecule has 1 atom stereocenters. The summed E-state index contributed by atoms with van der Waals surface area (Å²) in [6.07, 6.45) is 0.571. The summed E-state index contributed by atoms with van der Waals surface area (Å²) in [6.45, 7) is 0. The third-order valence-corrected chi connectivity index (χ3v) is 7.96. The molecule has 0 saturated heterocycles. The Morgan fingerprint density at radius 1 is 0.655 bits per heavy atom. The van der Waals surface area contributed by atoms with Crippen LogP contribution in [0.3, 0.4) is 0 Å². The second kappa shape index (κ2) is 7.54. The number of alkyl halides is 1. The van der Waals surface area contributed by atoms with Gasteiger partial charge >= 0.3 is 14.1 Å². The number of benzene rings is 2. The minimum absolute atomic E-state index is 0.236. The standard InChI is InChI=1S/2C6HF4.C6H5F2.Al/c2*7-3-1-4(8)6(10)2-5(3)9;7-5-2-1-3-6(8)4-5;/h2*1H;1-3H,4H2;. The van der Waals surface area contributed by atoms with Crippen molar-refractivity contribution in [3.05, 3.63) is 82.7 Å². The van der Waals surface area contributed by atoms with Crippen LogP contribution in [-0.2, 0) is 0 Å². The number of halogens is 10. The first-order chi connectivity index (χ1) is 13.5. The minimum Gasteiger partial charge on any atom is -0.255 e. The summed E-state index contributed by atoms with van der Waals surface area (Å²) in [5.41, 5.74) is 0. The van der Waals surface area contributed by atoms with Crippen molar-refractivity contribution >= 4 is 23.0 Å². The predicted molar refractivity (Wildman–Crippen MR) is 84.4 cm³/mol. The first-order valence-electron chi connectivity index (χ1n) is 7.86. The fraction of sp³-hybridized carbons (Fsp3) is 0.111. The van der Waals surface area contributed by atoms with E-state index in [1.54, 1.807) is 0 Å². The normalized spacial score (nSPS) is 18.8. The van der Waals surface area contributed by atoms with Crippen LogP contribution in [0.2, 0.25) is 0 Å². The van der Waals surface area contributed by atoms with E-state index < -0.39 is 86.3 Å². The minimum atomic E-state index is -4.95. The average molecular weight is 440 g/mol. The molecule has 0 nitrogen and oxygen atoms in total. The molecule has 29 heavy (non-hydrogen) atoms. The lowest BCUT2D eigenvalue weighted by Gasteiger charge is -2.30. The van der Waals surface area contributed by atoms with Crippen LogP contribution < -0.4 is 8.85 Å². The molecule has 11 heteroatoms. The summed E-state index contributed by atoms with van der Waals surface area (Å²) >= 11 is -4.95. The predicted octanol–water partition coefficient (Wildman–Crippen LogP) is 4.47. The van der Waals surface area contributed by atoms with Gasteiger partial charge in [0.15, 0.2) is 23.3 Å². The molecular weight excluding hydrogens is 433 g/mol. The van der Waals surface area contributed by atoms with E-state index in [9.17, 15) is 39.5 Å². The van der Waals surface area contributed by atoms with E-state index in [0.29, 0.717) is 12.2 Å². The van der Waals surface area contributed by atoms with E-state index in [1.807, 2.05) is 0 Å². The molecule has 152 valence electrons. The fourth-order valence-corrected chi connectivity index (χ4v) is 6.72. The molecule has 0 saturated carbocycles. The Morgan fingerprint density at radius 2 is 1.03 bits per heavy atom. The van der Waals surface area contributed by atoms with Gasteiger partial charge in [-0.05, 0) is 14.9 Å². The Hall–Kier alpha value is -2.25. The van der Waals surface area contributed by atoms with Crippen LogP contribution >= 0.6 is 0 Å². The van der Waals surface area contributed by atoms with Crippen LogP contribution in [0.15, 0.2) is 36.2 Å². The van der Waals surface area contributed by atoms with Gasteiger partial charge in [0.25, 0.3) is 0 Å². The van der Waals surface area contributed by atoms with Crippen molar-refractivity contribution in [1.29, 1.82) is 0 Å². The van der Waals surface area contributed by atoms with Crippen molar-refractivity contribution in [3.63, 3.8) is 0 Å². The summed E-state index contributed by atoms with van der Waals surface area (Å²) in [7, 11) is 0. The lowest BCUT2D eigenvalue weighted by Crippen LogP contribution is -2.62. The molecule has 1 aliphatic carbocycles. The molecule has 0 aliphatic heterocycles. The van der Waals surface area contributed by atoms with Crippen molar-refractivity contribution in [2.45, 2.75) is 11.0 Å². The van der Waals surface area contributed by atoms with Crippen LogP contribution in [0, 0.1) is 46.5 Å². The highest BCUT2D eigenvalue weighted by molar-refractivity contribution is 6.88. The van der Waals surface area contributed by atoms with Gasteiger partial charge in [-0.15, -0.1) is 0 Å². The lowest BCUT2D eigenvalue weighted by atomic mass is 10.1. The average Bonchev–Trinajstić information content (AvgIpc) is 2.63. The summed E-state index contributed by atoms with van der Waals surface area (Å²) in [6, 6.07) is -0.471. The van der Waals surface area contributed by atoms with Crippen molar-refractivity contribution in [2.24, 2.45) is 0 Å². The maximum Gasteiger partial charge on any atom is 0.422 e. The van der Waals surface area contributed by atoms with Crippen molar-refractivity contribution < 1.29 is 43.9 Å². The Bertz CT molecular complexity index is 946. The van der Waals surface area contributed by atoms with E-state index in [2.05, 4.69) is 0 Å². The van der Waals surface area contributed by atoms with E-state index in [1.165, 1.54) is 0 Å². The third kappa shape index (κ3) is 3.57. The zero-order chi connectivity index (χ0) is 21.7. The maximum atomic E-state index is 15.6. The van der Waals surface area contributed by atoms with Crippen LogP contribution in [-0.4, -0.2) is 18.7 Å². The molecular formula is C18H7AlF10. The fourth-order valence-electron chi connectivity index (χ4n) is 3.20. The highest BCUT2D eigenvalue weighted by atomic mass is 27.2. The Kier molecular flexibility index (Phi) is 5.58. The Balaban J connectivity index is 2.45. The topological polar surface area (TPSA) is 0 Å². The van der Waals surface area contributed by atoms with Gasteiger partial charge in [0, 0.05) is 18.6 Å². The van der Waals surface area contributed by atoms with Gasteiger partial charge in [-0.25, -0.2) is 39.5 Å². The van der Waals surface area contributed by atoms with Gasteiger partial charge < -0.3 is 0 Å². The zero-order valence-corrected chi connectivity index (χ0v) is 15.1. The smallest absolute Gasteiger partial charge is 0.255 e. The van der Waals surface area contributed by atoms with Crippen molar-refractivity contribution in [2.75, 3.05) is 0 Å². The first-order valence-corrected chi connectivity index (χ1v) is 9.59. The molecule has 1 unspecified atom stereocenters. The Labute approximate surface area is 161 Å². The summed E-state index contributed by atoms with van der Waals surface area (Å²) in [4.78, 5) is 0. The highest BCUT2D eigenvalue weighted by Gasteiger charge is 2.53. The second-order valence-electron chi connectivity index (χ2n) is 6.27. The Morgan fingerprint density at radius 3 is 1.38 bits per heavy atom. The number of hydrogen-bond donors (Lipinski definition) is 0. The summed E-state index contributed by atoms with van der Waals surface area (Å²) < 4.78 is 135. The molecule has 0 N–H and O–H groups in total. The first kappa shape index (κ1) is 21.5. The monoisotopic (exact) mass is 440 g/mol. The largest absolute Gasteiger partial charge is 0.422 e. The van der Waals surface area contributed by atoms with Gasteiger partial charge in [0.1, 0.15) is 29.1 Å². The molecule has 2 aromatic rings. The SMILES string of the molecule is FC1=CC=C[C](F)([Al]([c]2c(F)c(F)cc(F)c2F)[c]2c(F)c(F)cc(F)c2F)C1. The quantitative estimate of drug-likeness (QED) is 0.376. The molecule has 2 aromatic carbocycles. The van der Waals surface area contributed by atoms with Gasteiger partial charge in [-0.3, -0.25) is 4.39 Å². The molecule has 0 spiro atoms. The summed E-state index contributed by atoms with van der Waals surface area (Å²) in [5, 5.41) is 0. The second-order valence-corrected chi connectivity index (χ2v) is 9.25. The van der Waals surface area contributed by atoms with Gasteiger partial charge in [0.2, 0.25) is 0 Å². The molecule has 0 heterocycles. The third-order valence-electron chi connectivity index (χ3n) is 4.44. The number of allylic oxidation sites excluding steroid dienone is 4. The van der Waals surface area contributed by atoms with Gasteiger partial charge in [-0.1, -0.05) is 12.2 Å². The van der Waals surface area contributed by atoms with Crippen LogP contribution in [0.4, 0.5) is 43.9 Å². The van der Waals surface area contributed by atoms with Gasteiger partial charge in [-0.2, -0.15) is 0 Å². The van der Waals surface area contributed by atoms with Crippen molar-refractivity contribution in [3.8, 4) is 0 Å². The van der Waals surface area contributed by atoms with Crippen LogP contribution in [0.25, 0.3) is 0 Å². The molecule has 0 radical (unpaired) electrons. The highest BCUT2D eigenvalue weighted by Crippen LogP contribution is 2.32. The molecule has 0 amide bonds. The number of rotatable bonds is 3. The number of hydrogen-bond acceptors (Lipinski definition) is 0. The molecule has 0 aromatic heterocycles. The van der Waals surface area contributed by atoms with Crippen molar-refractivity contribution in [1.82, 2.24) is 0 Å². The van der Waals surface area contributed by atoms with E-state index in [-0.39, 0.29) is 12.1 Å². The zero-order valence-electron chi connectivity index (χ0n) is 14.0. The summed E-state index contributed by atoms with van der Waals surface area (Å²) in [5.74, 6) is -18.2. The molecule has 1 aliphatic rings. The molecule has 0 bridgehead atoms. The van der Waals surface area contributed by atoms with Crippen LogP contribution in [0.1, 0.15) is 6.42 Å². The van der Waals surface area contributed by atoms with Crippen LogP contribution in [0.5, 0.6) is 0 Å². The molecule has 3 rings (SSSR count). The van der Waals surface area contributed by atoms with E-state index in [4.69, 9.17) is 0 Å². The van der Waals surface area contributed by atoms with Gasteiger partial charge in [0.05, 0.1) is 4.53 Å². The lowest BCUT2D eigenvalue weighted by molar-refractivity contribution is 0.311.